The summed E-state index contributed by atoms with van der Waals surface area (Å²) in [7, 11) is 0. The number of hydrogen-bond acceptors (Lipinski definition) is 0. The Hall–Kier alpha value is -5.72. The van der Waals surface area contributed by atoms with Gasteiger partial charge in [0.15, 0.2) is 0 Å². The van der Waals surface area contributed by atoms with Crippen LogP contribution in [0.25, 0.3) is 72.8 Å². The summed E-state index contributed by atoms with van der Waals surface area (Å²) >= 11 is 0. The minimum Gasteiger partial charge on any atom is -0.0984 e. The summed E-state index contributed by atoms with van der Waals surface area (Å²) < 4.78 is 0. The Balaban J connectivity index is 1.40. The third-order valence-electron chi connectivity index (χ3n) is 12.1. The van der Waals surface area contributed by atoms with Crippen molar-refractivity contribution in [2.75, 3.05) is 0 Å². The average molecular weight is 785 g/mol. The molecule has 60 heavy (non-hydrogen) atoms. The van der Waals surface area contributed by atoms with Gasteiger partial charge < -0.3 is 0 Å². The molecule has 0 bridgehead atoms. The van der Waals surface area contributed by atoms with Crippen LogP contribution in [0.4, 0.5) is 0 Å². The zero-order valence-corrected chi connectivity index (χ0v) is 38.2. The first kappa shape index (κ1) is 42.4. The third-order valence-corrected chi connectivity index (χ3v) is 12.1. The minimum absolute atomic E-state index is 0.0744. The van der Waals surface area contributed by atoms with Gasteiger partial charge in [0.05, 0.1) is 0 Å². The molecule has 0 spiro atoms. The van der Waals surface area contributed by atoms with E-state index in [1.54, 1.807) is 0 Å². The Bertz CT molecular complexity index is 2540. The maximum atomic E-state index is 4.41. The topological polar surface area (TPSA) is 0 Å². The standard InChI is InChI=1S/C60H64/c1-14-54-55(43-24-32-53(33-25-43)60(11,12)13)38-49(42-22-30-52(31-23-42)59(8,9)10)39-56(54)45-17-15-16-44(34-45)48-36-46(40-18-26-50(27-19-40)57(2,3)4)35-47(37-48)41-20-28-51(29-21-41)58(5,6)7/h14-39H,1H2,2-13H3. The van der Waals surface area contributed by atoms with Crippen LogP contribution in [0.1, 0.15) is 111 Å². The van der Waals surface area contributed by atoms with Gasteiger partial charge in [0.1, 0.15) is 0 Å². The molecule has 0 aliphatic heterocycles. The highest BCUT2D eigenvalue weighted by Crippen LogP contribution is 2.42. The Morgan fingerprint density at radius 2 is 0.550 bits per heavy atom. The molecular weight excluding hydrogens is 721 g/mol. The molecule has 0 fully saturated rings. The van der Waals surface area contributed by atoms with Gasteiger partial charge in [-0.1, -0.05) is 211 Å². The maximum Gasteiger partial charge on any atom is -0.00990 e. The van der Waals surface area contributed by atoms with Crippen LogP contribution in [0.15, 0.2) is 158 Å². The SMILES string of the molecule is C=Cc1c(-c2ccc(C(C)(C)C)cc2)cc(-c2ccc(C(C)(C)C)cc2)cc1-c1cccc(-c2cc(-c3ccc(C(C)(C)C)cc3)cc(-c3ccc(C(C)(C)C)cc3)c2)c1. The van der Waals surface area contributed by atoms with Crippen molar-refractivity contribution in [1.82, 2.24) is 0 Å². The molecule has 0 amide bonds. The van der Waals surface area contributed by atoms with Crippen LogP contribution in [0.2, 0.25) is 0 Å². The lowest BCUT2D eigenvalue weighted by atomic mass is 9.83. The van der Waals surface area contributed by atoms with Gasteiger partial charge in [-0.15, -0.1) is 0 Å². The van der Waals surface area contributed by atoms with E-state index >= 15 is 0 Å². The summed E-state index contributed by atoms with van der Waals surface area (Å²) in [4.78, 5) is 0. The molecule has 0 aliphatic carbocycles. The number of benzene rings is 7. The van der Waals surface area contributed by atoms with Gasteiger partial charge in [-0.2, -0.15) is 0 Å². The second kappa shape index (κ2) is 16.0. The van der Waals surface area contributed by atoms with Crippen molar-refractivity contribution in [3.05, 3.63) is 186 Å². The second-order valence-electron chi connectivity index (χ2n) is 20.9. The molecule has 304 valence electrons. The highest BCUT2D eigenvalue weighted by molar-refractivity contribution is 5.92. The molecule has 0 saturated carbocycles. The minimum atomic E-state index is 0.0744. The van der Waals surface area contributed by atoms with E-state index in [0.717, 1.165) is 5.56 Å². The predicted octanol–water partition coefficient (Wildman–Crippen LogP) is 17.5. The second-order valence-corrected chi connectivity index (χ2v) is 20.9. The van der Waals surface area contributed by atoms with E-state index in [4.69, 9.17) is 0 Å². The molecule has 0 atom stereocenters. The normalized spacial score (nSPS) is 12.4. The van der Waals surface area contributed by atoms with E-state index in [9.17, 15) is 0 Å². The maximum absolute atomic E-state index is 4.41. The predicted molar refractivity (Wildman–Crippen MR) is 264 cm³/mol. The molecule has 0 saturated heterocycles. The van der Waals surface area contributed by atoms with E-state index in [1.807, 2.05) is 6.08 Å². The van der Waals surface area contributed by atoms with Crippen molar-refractivity contribution in [3.8, 4) is 66.8 Å². The first-order valence-corrected chi connectivity index (χ1v) is 21.7. The molecular formula is C60H64. The van der Waals surface area contributed by atoms with Gasteiger partial charge in [-0.25, -0.2) is 0 Å². The smallest absolute Gasteiger partial charge is 0.00990 e. The molecule has 0 aliphatic rings. The Labute approximate surface area is 362 Å². The largest absolute Gasteiger partial charge is 0.0984 e. The van der Waals surface area contributed by atoms with Crippen LogP contribution in [0, 0.1) is 0 Å². The van der Waals surface area contributed by atoms with Crippen LogP contribution in [-0.4, -0.2) is 0 Å². The summed E-state index contributed by atoms with van der Waals surface area (Å²) in [5.41, 5.74) is 21.1. The van der Waals surface area contributed by atoms with E-state index in [2.05, 4.69) is 241 Å². The van der Waals surface area contributed by atoms with E-state index < -0.39 is 0 Å². The monoisotopic (exact) mass is 785 g/mol. The number of hydrogen-bond donors (Lipinski definition) is 0. The summed E-state index contributed by atoms with van der Waals surface area (Å²) in [5, 5.41) is 0. The van der Waals surface area contributed by atoms with Crippen molar-refractivity contribution in [3.63, 3.8) is 0 Å². The van der Waals surface area contributed by atoms with Gasteiger partial charge in [0.25, 0.3) is 0 Å². The lowest BCUT2D eigenvalue weighted by Gasteiger charge is -2.21. The van der Waals surface area contributed by atoms with Crippen molar-refractivity contribution in [2.45, 2.75) is 105 Å². The summed E-state index contributed by atoms with van der Waals surface area (Å²) in [6, 6.07) is 57.5. The van der Waals surface area contributed by atoms with Gasteiger partial charge in [-0.05, 0) is 153 Å². The van der Waals surface area contributed by atoms with Crippen LogP contribution in [-0.2, 0) is 21.7 Å². The molecule has 0 heterocycles. The van der Waals surface area contributed by atoms with Crippen molar-refractivity contribution in [1.29, 1.82) is 0 Å². The van der Waals surface area contributed by atoms with Gasteiger partial charge in [-0.3, -0.25) is 0 Å². The molecule has 0 N–H and O–H groups in total. The quantitative estimate of drug-likeness (QED) is 0.151. The molecule has 0 radical (unpaired) electrons. The van der Waals surface area contributed by atoms with Crippen LogP contribution < -0.4 is 0 Å². The summed E-state index contributed by atoms with van der Waals surface area (Å²) in [6.45, 7) is 31.7. The van der Waals surface area contributed by atoms with Crippen molar-refractivity contribution in [2.24, 2.45) is 0 Å². The van der Waals surface area contributed by atoms with Crippen molar-refractivity contribution < 1.29 is 0 Å². The molecule has 7 aromatic rings. The number of rotatable bonds is 7. The van der Waals surface area contributed by atoms with Crippen LogP contribution in [0.5, 0.6) is 0 Å². The average Bonchev–Trinajstić information content (AvgIpc) is 3.22. The van der Waals surface area contributed by atoms with Crippen LogP contribution in [0.3, 0.4) is 0 Å². The zero-order valence-electron chi connectivity index (χ0n) is 38.2. The molecule has 0 unspecified atom stereocenters. The third kappa shape index (κ3) is 9.19. The Morgan fingerprint density at radius 3 is 0.883 bits per heavy atom. The van der Waals surface area contributed by atoms with Gasteiger partial charge >= 0.3 is 0 Å². The van der Waals surface area contributed by atoms with E-state index in [-0.39, 0.29) is 21.7 Å². The molecule has 7 aromatic carbocycles. The van der Waals surface area contributed by atoms with E-state index in [1.165, 1.54) is 89.0 Å². The lowest BCUT2D eigenvalue weighted by molar-refractivity contribution is 0.590. The Morgan fingerprint density at radius 1 is 0.283 bits per heavy atom. The fourth-order valence-corrected chi connectivity index (χ4v) is 8.15. The molecule has 0 nitrogen and oxygen atoms in total. The van der Waals surface area contributed by atoms with Crippen LogP contribution >= 0.6 is 0 Å². The first-order chi connectivity index (χ1) is 28.2. The van der Waals surface area contributed by atoms with Gasteiger partial charge in [0, 0.05) is 0 Å². The molecule has 7 rings (SSSR count). The lowest BCUT2D eigenvalue weighted by Crippen LogP contribution is -2.10. The highest BCUT2D eigenvalue weighted by atomic mass is 14.2. The fourth-order valence-electron chi connectivity index (χ4n) is 8.15. The summed E-state index contributed by atoms with van der Waals surface area (Å²) in [5.74, 6) is 0. The fraction of sp³-hybridized carbons (Fsp3) is 0.267. The summed E-state index contributed by atoms with van der Waals surface area (Å²) in [6.07, 6.45) is 2.04. The van der Waals surface area contributed by atoms with Crippen molar-refractivity contribution >= 4 is 6.08 Å². The Kier molecular flexibility index (Phi) is 11.3. The molecule has 0 heteroatoms. The molecule has 0 aromatic heterocycles. The van der Waals surface area contributed by atoms with Gasteiger partial charge in [0.2, 0.25) is 0 Å². The van der Waals surface area contributed by atoms with E-state index in [0.29, 0.717) is 0 Å². The highest BCUT2D eigenvalue weighted by Gasteiger charge is 2.20. The first-order valence-electron chi connectivity index (χ1n) is 21.7. The zero-order chi connectivity index (χ0) is 43.2.